The molecule has 1 aliphatic rings. The highest BCUT2D eigenvalue weighted by molar-refractivity contribution is 5.77. The molecule has 1 saturated heterocycles. The standard InChI is InChI=1S/C10H19NO3/c12-7-4-2-1-3-5-11-6-8-14-9-10(11)13/h12H,1-9H2. The fraction of sp³-hybridized carbons (Fsp3) is 0.900. The van der Waals surface area contributed by atoms with Gasteiger partial charge in [-0.15, -0.1) is 0 Å². The van der Waals surface area contributed by atoms with Gasteiger partial charge >= 0.3 is 0 Å². The van der Waals surface area contributed by atoms with Crippen LogP contribution in [-0.2, 0) is 9.53 Å². The number of carbonyl (C=O) groups is 1. The van der Waals surface area contributed by atoms with E-state index in [0.29, 0.717) is 6.61 Å². The Bertz CT molecular complexity index is 173. The summed E-state index contributed by atoms with van der Waals surface area (Å²) >= 11 is 0. The van der Waals surface area contributed by atoms with Crippen LogP contribution in [0.1, 0.15) is 25.7 Å². The van der Waals surface area contributed by atoms with Crippen molar-refractivity contribution in [2.24, 2.45) is 0 Å². The second kappa shape index (κ2) is 6.79. The second-order valence-electron chi connectivity index (χ2n) is 3.57. The van der Waals surface area contributed by atoms with Gasteiger partial charge in [0.05, 0.1) is 6.61 Å². The molecule has 0 radical (unpaired) electrons. The number of carbonyl (C=O) groups excluding carboxylic acids is 1. The van der Waals surface area contributed by atoms with Crippen molar-refractivity contribution in [3.63, 3.8) is 0 Å². The summed E-state index contributed by atoms with van der Waals surface area (Å²) in [5, 5.41) is 8.58. The fourth-order valence-corrected chi connectivity index (χ4v) is 1.55. The molecular formula is C10H19NO3. The number of hydrogen-bond acceptors (Lipinski definition) is 3. The zero-order valence-electron chi connectivity index (χ0n) is 8.57. The summed E-state index contributed by atoms with van der Waals surface area (Å²) in [5.74, 6) is 0.110. The Morgan fingerprint density at radius 2 is 2.07 bits per heavy atom. The average Bonchev–Trinajstić information content (AvgIpc) is 2.20. The van der Waals surface area contributed by atoms with E-state index in [1.54, 1.807) is 0 Å². The maximum Gasteiger partial charge on any atom is 0.248 e. The van der Waals surface area contributed by atoms with E-state index in [-0.39, 0.29) is 19.1 Å². The summed E-state index contributed by atoms with van der Waals surface area (Å²) in [6.07, 6.45) is 4.04. The molecule has 0 bridgehead atoms. The van der Waals surface area contributed by atoms with E-state index in [1.165, 1.54) is 0 Å². The molecule has 1 fully saturated rings. The first-order valence-corrected chi connectivity index (χ1v) is 5.31. The van der Waals surface area contributed by atoms with E-state index in [0.717, 1.165) is 38.8 Å². The van der Waals surface area contributed by atoms with Gasteiger partial charge in [0.15, 0.2) is 0 Å². The number of aliphatic hydroxyl groups excluding tert-OH is 1. The van der Waals surface area contributed by atoms with E-state index in [9.17, 15) is 4.79 Å². The molecule has 0 aromatic heterocycles. The Kier molecular flexibility index (Phi) is 5.56. The summed E-state index contributed by atoms with van der Waals surface area (Å²) in [5.41, 5.74) is 0. The first-order valence-electron chi connectivity index (χ1n) is 5.31. The van der Waals surface area contributed by atoms with Crippen LogP contribution < -0.4 is 0 Å². The van der Waals surface area contributed by atoms with Crippen molar-refractivity contribution in [2.75, 3.05) is 32.9 Å². The van der Waals surface area contributed by atoms with Gasteiger partial charge in [0, 0.05) is 19.7 Å². The smallest absolute Gasteiger partial charge is 0.248 e. The van der Waals surface area contributed by atoms with Crippen LogP contribution in [0.25, 0.3) is 0 Å². The lowest BCUT2D eigenvalue weighted by atomic mass is 10.2. The Balaban J connectivity index is 2.02. The molecule has 0 aromatic carbocycles. The van der Waals surface area contributed by atoms with Crippen molar-refractivity contribution >= 4 is 5.91 Å². The van der Waals surface area contributed by atoms with Gasteiger partial charge in [-0.1, -0.05) is 12.8 Å². The van der Waals surface area contributed by atoms with E-state index in [2.05, 4.69) is 0 Å². The van der Waals surface area contributed by atoms with Crippen LogP contribution in [-0.4, -0.2) is 48.8 Å². The topological polar surface area (TPSA) is 49.8 Å². The number of unbranched alkanes of at least 4 members (excludes halogenated alkanes) is 3. The number of aliphatic hydroxyl groups is 1. The highest BCUT2D eigenvalue weighted by Crippen LogP contribution is 2.04. The van der Waals surface area contributed by atoms with E-state index in [4.69, 9.17) is 9.84 Å². The van der Waals surface area contributed by atoms with E-state index in [1.807, 2.05) is 4.90 Å². The largest absolute Gasteiger partial charge is 0.396 e. The molecule has 1 rings (SSSR count). The Morgan fingerprint density at radius 3 is 2.79 bits per heavy atom. The third-order valence-corrected chi connectivity index (χ3v) is 2.42. The van der Waals surface area contributed by atoms with E-state index >= 15 is 0 Å². The predicted molar refractivity (Wildman–Crippen MR) is 53.0 cm³/mol. The zero-order valence-corrected chi connectivity index (χ0v) is 8.57. The van der Waals surface area contributed by atoms with Crippen molar-refractivity contribution in [3.05, 3.63) is 0 Å². The van der Waals surface area contributed by atoms with Gasteiger partial charge < -0.3 is 14.7 Å². The molecule has 0 saturated carbocycles. The lowest BCUT2D eigenvalue weighted by molar-refractivity contribution is -0.142. The van der Waals surface area contributed by atoms with Crippen molar-refractivity contribution in [1.29, 1.82) is 0 Å². The Morgan fingerprint density at radius 1 is 1.29 bits per heavy atom. The Hall–Kier alpha value is -0.610. The molecule has 14 heavy (non-hydrogen) atoms. The molecule has 0 atom stereocenters. The fourth-order valence-electron chi connectivity index (χ4n) is 1.55. The lowest BCUT2D eigenvalue weighted by Crippen LogP contribution is -2.41. The molecule has 1 aliphatic heterocycles. The minimum atomic E-state index is 0.110. The van der Waals surface area contributed by atoms with Crippen molar-refractivity contribution in [1.82, 2.24) is 4.90 Å². The van der Waals surface area contributed by atoms with Gasteiger partial charge in [0.2, 0.25) is 5.91 Å². The minimum absolute atomic E-state index is 0.110. The summed E-state index contributed by atoms with van der Waals surface area (Å²) in [4.78, 5) is 13.1. The summed E-state index contributed by atoms with van der Waals surface area (Å²) in [6, 6.07) is 0. The molecule has 1 N–H and O–H groups in total. The number of nitrogens with zero attached hydrogens (tertiary/aromatic N) is 1. The molecular weight excluding hydrogens is 182 g/mol. The van der Waals surface area contributed by atoms with Crippen LogP contribution in [0.5, 0.6) is 0 Å². The van der Waals surface area contributed by atoms with Gasteiger partial charge in [-0.05, 0) is 12.8 Å². The monoisotopic (exact) mass is 201 g/mol. The SMILES string of the molecule is O=C1COCCN1CCCCCCO. The maximum atomic E-state index is 11.3. The van der Waals surface area contributed by atoms with E-state index < -0.39 is 0 Å². The van der Waals surface area contributed by atoms with Crippen LogP contribution in [0, 0.1) is 0 Å². The molecule has 1 amide bonds. The van der Waals surface area contributed by atoms with Crippen LogP contribution in [0.2, 0.25) is 0 Å². The third-order valence-electron chi connectivity index (χ3n) is 2.42. The number of rotatable bonds is 6. The van der Waals surface area contributed by atoms with Crippen LogP contribution >= 0.6 is 0 Å². The third kappa shape index (κ3) is 4.07. The van der Waals surface area contributed by atoms with Crippen molar-refractivity contribution < 1.29 is 14.6 Å². The maximum absolute atomic E-state index is 11.3. The van der Waals surface area contributed by atoms with Gasteiger partial charge in [0.1, 0.15) is 6.61 Å². The number of morpholine rings is 1. The average molecular weight is 201 g/mol. The summed E-state index contributed by atoms with van der Waals surface area (Å²) in [7, 11) is 0. The zero-order chi connectivity index (χ0) is 10.2. The van der Waals surface area contributed by atoms with Crippen LogP contribution in [0.15, 0.2) is 0 Å². The predicted octanol–water partition coefficient (Wildman–Crippen LogP) is 0.398. The quantitative estimate of drug-likeness (QED) is 0.633. The first kappa shape index (κ1) is 11.5. The molecule has 4 heteroatoms. The molecule has 0 spiro atoms. The number of hydrogen-bond donors (Lipinski definition) is 1. The number of amides is 1. The molecule has 82 valence electrons. The molecule has 0 unspecified atom stereocenters. The highest BCUT2D eigenvalue weighted by atomic mass is 16.5. The van der Waals surface area contributed by atoms with Crippen molar-refractivity contribution in [2.45, 2.75) is 25.7 Å². The number of ether oxygens (including phenoxy) is 1. The molecule has 0 aliphatic carbocycles. The molecule has 4 nitrogen and oxygen atoms in total. The lowest BCUT2D eigenvalue weighted by Gasteiger charge is -2.26. The highest BCUT2D eigenvalue weighted by Gasteiger charge is 2.17. The Labute approximate surface area is 84.8 Å². The molecule has 0 aromatic rings. The minimum Gasteiger partial charge on any atom is -0.396 e. The molecule has 1 heterocycles. The van der Waals surface area contributed by atoms with Crippen molar-refractivity contribution in [3.8, 4) is 0 Å². The summed E-state index contributed by atoms with van der Waals surface area (Å²) in [6.45, 7) is 2.77. The van der Waals surface area contributed by atoms with Crippen LogP contribution in [0.4, 0.5) is 0 Å². The normalized spacial score (nSPS) is 17.5. The van der Waals surface area contributed by atoms with Gasteiger partial charge in [0.25, 0.3) is 0 Å². The summed E-state index contributed by atoms with van der Waals surface area (Å²) < 4.78 is 5.03. The van der Waals surface area contributed by atoms with Gasteiger partial charge in [-0.2, -0.15) is 0 Å². The first-order chi connectivity index (χ1) is 6.84. The van der Waals surface area contributed by atoms with Gasteiger partial charge in [-0.3, -0.25) is 4.79 Å². The van der Waals surface area contributed by atoms with Gasteiger partial charge in [-0.25, -0.2) is 0 Å². The second-order valence-corrected chi connectivity index (χ2v) is 3.57. The van der Waals surface area contributed by atoms with Crippen LogP contribution in [0.3, 0.4) is 0 Å².